The van der Waals surface area contributed by atoms with Crippen LogP contribution in [0.1, 0.15) is 24.8 Å². The Morgan fingerprint density at radius 1 is 1.43 bits per heavy atom. The van der Waals surface area contributed by atoms with Crippen LogP contribution in [0.15, 0.2) is 17.0 Å². The second kappa shape index (κ2) is 9.17. The lowest BCUT2D eigenvalue weighted by Gasteiger charge is -2.26. The summed E-state index contributed by atoms with van der Waals surface area (Å²) in [5, 5.41) is 11.1. The Kier molecular flexibility index (Phi) is 7.38. The molecule has 1 heterocycles. The molecule has 1 aromatic rings. The number of sulfonamides is 1. The molecule has 1 aliphatic rings. The number of hydrogen-bond acceptors (Lipinski definition) is 6. The molecule has 1 N–H and O–H groups in total. The van der Waals surface area contributed by atoms with Crippen molar-refractivity contribution in [1.82, 2.24) is 14.5 Å². The number of carbonyl (C=O) groups is 1. The van der Waals surface area contributed by atoms with Gasteiger partial charge in [0.2, 0.25) is 15.9 Å². The van der Waals surface area contributed by atoms with Gasteiger partial charge in [-0.3, -0.25) is 19.8 Å². The van der Waals surface area contributed by atoms with Gasteiger partial charge in [-0.1, -0.05) is 11.6 Å². The highest BCUT2D eigenvalue weighted by Gasteiger charge is 2.31. The molecule has 2 rings (SSSR count). The van der Waals surface area contributed by atoms with E-state index in [2.05, 4.69) is 9.62 Å². The first-order valence-electron chi connectivity index (χ1n) is 8.94. The number of nitrogens with zero attached hydrogens (tertiary/aromatic N) is 3. The van der Waals surface area contributed by atoms with Crippen molar-refractivity contribution in [2.24, 2.45) is 0 Å². The lowest BCUT2D eigenvalue weighted by molar-refractivity contribution is -0.385. The van der Waals surface area contributed by atoms with Gasteiger partial charge >= 0.3 is 0 Å². The number of hydrogen-bond donors (Lipinski definition) is 1. The highest BCUT2D eigenvalue weighted by Crippen LogP contribution is 2.29. The number of nitrogens with one attached hydrogen (secondary N) is 1. The minimum atomic E-state index is -3.93. The maximum Gasteiger partial charge on any atom is 0.275 e. The van der Waals surface area contributed by atoms with Gasteiger partial charge in [0, 0.05) is 38.8 Å². The fourth-order valence-corrected chi connectivity index (χ4v) is 4.63. The topological polar surface area (TPSA) is 113 Å². The number of carbonyl (C=O) groups excluding carboxylic acids is 1. The van der Waals surface area contributed by atoms with Crippen LogP contribution in [0.5, 0.6) is 0 Å². The molecule has 1 fully saturated rings. The summed E-state index contributed by atoms with van der Waals surface area (Å²) in [7, 11) is -0.485. The monoisotopic (exact) mass is 432 g/mol. The molecule has 1 unspecified atom stereocenters. The zero-order valence-electron chi connectivity index (χ0n) is 16.1. The summed E-state index contributed by atoms with van der Waals surface area (Å²) in [6.45, 7) is 3.01. The van der Waals surface area contributed by atoms with Gasteiger partial charge in [-0.15, -0.1) is 0 Å². The zero-order valence-corrected chi connectivity index (χ0v) is 17.7. The van der Waals surface area contributed by atoms with Gasteiger partial charge < -0.3 is 4.90 Å². The van der Waals surface area contributed by atoms with Crippen molar-refractivity contribution in [3.63, 3.8) is 0 Å². The van der Waals surface area contributed by atoms with Crippen LogP contribution in [0, 0.1) is 17.0 Å². The fourth-order valence-electron chi connectivity index (χ4n) is 3.23. The van der Waals surface area contributed by atoms with Crippen molar-refractivity contribution < 1.29 is 18.1 Å². The molecule has 1 amide bonds. The molecular formula is C17H25ClN4O5S. The average molecular weight is 433 g/mol. The Bertz CT molecular complexity index is 859. The summed E-state index contributed by atoms with van der Waals surface area (Å²) >= 11 is 5.95. The summed E-state index contributed by atoms with van der Waals surface area (Å²) < 4.78 is 27.4. The molecule has 0 spiro atoms. The number of likely N-dealkylation sites (N-methyl/N-ethyl adjacent to an activating group) is 1. The quantitative estimate of drug-likeness (QED) is 0.380. The van der Waals surface area contributed by atoms with Gasteiger partial charge in [-0.2, -0.15) is 0 Å². The minimum Gasteiger partial charge on any atom is -0.347 e. The van der Waals surface area contributed by atoms with Gasteiger partial charge in [0.25, 0.3) is 5.69 Å². The SMILES string of the molecule is Cc1c(Cl)cc(S(=O)(=O)NCCCN2CCCC2C(=O)N(C)C)cc1[N+](=O)[O-]. The summed E-state index contributed by atoms with van der Waals surface area (Å²) in [5.41, 5.74) is -0.119. The Morgan fingerprint density at radius 3 is 2.71 bits per heavy atom. The first-order chi connectivity index (χ1) is 13.0. The van der Waals surface area contributed by atoms with Crippen LogP contribution in [-0.4, -0.2) is 68.8 Å². The molecule has 11 heteroatoms. The van der Waals surface area contributed by atoms with E-state index in [1.165, 1.54) is 13.0 Å². The third kappa shape index (κ3) is 5.19. The number of benzene rings is 1. The normalized spacial score (nSPS) is 17.6. The second-order valence-electron chi connectivity index (χ2n) is 6.98. The first-order valence-corrected chi connectivity index (χ1v) is 10.8. The van der Waals surface area contributed by atoms with E-state index in [1.807, 2.05) is 0 Å². The van der Waals surface area contributed by atoms with E-state index in [0.717, 1.165) is 25.5 Å². The van der Waals surface area contributed by atoms with Gasteiger partial charge in [0.05, 0.1) is 20.9 Å². The second-order valence-corrected chi connectivity index (χ2v) is 9.16. The van der Waals surface area contributed by atoms with E-state index in [4.69, 9.17) is 11.6 Å². The largest absolute Gasteiger partial charge is 0.347 e. The van der Waals surface area contributed by atoms with Crippen molar-refractivity contribution in [2.75, 3.05) is 33.7 Å². The van der Waals surface area contributed by atoms with Crippen LogP contribution >= 0.6 is 11.6 Å². The van der Waals surface area contributed by atoms with Crippen LogP contribution in [0.3, 0.4) is 0 Å². The van der Waals surface area contributed by atoms with Crippen molar-refractivity contribution in [3.05, 3.63) is 32.8 Å². The molecular weight excluding hydrogens is 408 g/mol. The molecule has 0 bridgehead atoms. The van der Waals surface area contributed by atoms with E-state index >= 15 is 0 Å². The molecule has 0 radical (unpaired) electrons. The number of likely N-dealkylation sites (tertiary alicyclic amines) is 1. The molecule has 0 aliphatic carbocycles. The predicted octanol–water partition coefficient (Wildman–Crippen LogP) is 1.78. The molecule has 0 saturated carbocycles. The van der Waals surface area contributed by atoms with Gasteiger partial charge in [-0.25, -0.2) is 13.1 Å². The molecule has 0 aromatic heterocycles. The van der Waals surface area contributed by atoms with Crippen LogP contribution in [0.4, 0.5) is 5.69 Å². The van der Waals surface area contributed by atoms with Crippen LogP contribution in [0.25, 0.3) is 0 Å². The fraction of sp³-hybridized carbons (Fsp3) is 0.588. The van der Waals surface area contributed by atoms with Crippen molar-refractivity contribution >= 4 is 33.2 Å². The lowest BCUT2D eigenvalue weighted by Crippen LogP contribution is -2.43. The Hall–Kier alpha value is -1.75. The molecule has 28 heavy (non-hydrogen) atoms. The molecule has 1 atom stereocenters. The van der Waals surface area contributed by atoms with Crippen LogP contribution in [0.2, 0.25) is 5.02 Å². The van der Waals surface area contributed by atoms with Crippen LogP contribution in [-0.2, 0) is 14.8 Å². The molecule has 1 aromatic carbocycles. The smallest absolute Gasteiger partial charge is 0.275 e. The number of halogens is 1. The van der Waals surface area contributed by atoms with Gasteiger partial charge in [-0.05, 0) is 38.8 Å². The first kappa shape index (κ1) is 22.5. The third-order valence-corrected chi connectivity index (χ3v) is 6.63. The van der Waals surface area contributed by atoms with Crippen molar-refractivity contribution in [2.45, 2.75) is 37.1 Å². The Morgan fingerprint density at radius 2 is 2.11 bits per heavy atom. The highest BCUT2D eigenvalue weighted by atomic mass is 35.5. The average Bonchev–Trinajstić information content (AvgIpc) is 3.08. The maximum absolute atomic E-state index is 12.5. The van der Waals surface area contributed by atoms with E-state index in [9.17, 15) is 23.3 Å². The van der Waals surface area contributed by atoms with Crippen molar-refractivity contribution in [3.8, 4) is 0 Å². The molecule has 9 nitrogen and oxygen atoms in total. The zero-order chi connectivity index (χ0) is 21.1. The number of amides is 1. The highest BCUT2D eigenvalue weighted by molar-refractivity contribution is 7.89. The predicted molar refractivity (Wildman–Crippen MR) is 106 cm³/mol. The van der Waals surface area contributed by atoms with Crippen LogP contribution < -0.4 is 4.72 Å². The molecule has 156 valence electrons. The van der Waals surface area contributed by atoms with E-state index in [1.54, 1.807) is 19.0 Å². The third-order valence-electron chi connectivity index (χ3n) is 4.80. The number of nitro benzene ring substituents is 1. The van der Waals surface area contributed by atoms with Gasteiger partial charge in [0.15, 0.2) is 0 Å². The standard InChI is InChI=1S/C17H25ClN4O5S/c1-12-14(18)10-13(11-16(12)22(24)25)28(26,27)19-7-5-9-21-8-4-6-15(21)17(23)20(2)3/h10-11,15,19H,4-9H2,1-3H3. The summed E-state index contributed by atoms with van der Waals surface area (Å²) in [4.78, 5) is 26.0. The van der Waals surface area contributed by atoms with Gasteiger partial charge in [0.1, 0.15) is 0 Å². The molecule has 1 aliphatic heterocycles. The lowest BCUT2D eigenvalue weighted by atomic mass is 10.2. The Balaban J connectivity index is 1.97. The summed E-state index contributed by atoms with van der Waals surface area (Å²) in [6, 6.07) is 2.05. The minimum absolute atomic E-state index is 0.0247. The Labute approximate surface area is 169 Å². The molecule has 1 saturated heterocycles. The number of rotatable bonds is 8. The summed E-state index contributed by atoms with van der Waals surface area (Å²) in [6.07, 6.45) is 2.24. The maximum atomic E-state index is 12.5. The van der Waals surface area contributed by atoms with E-state index < -0.39 is 14.9 Å². The van der Waals surface area contributed by atoms with Crippen molar-refractivity contribution in [1.29, 1.82) is 0 Å². The van der Waals surface area contributed by atoms with E-state index in [0.29, 0.717) is 13.0 Å². The number of nitro groups is 1. The summed E-state index contributed by atoms with van der Waals surface area (Å²) in [5.74, 6) is 0.0553. The van der Waals surface area contributed by atoms with E-state index in [-0.39, 0.29) is 39.7 Å².